The lowest BCUT2D eigenvalue weighted by atomic mass is 9.96. The fraction of sp³-hybridized carbons (Fsp3) is 0.318. The molecule has 6 nitrogen and oxygen atoms in total. The van der Waals surface area contributed by atoms with Gasteiger partial charge in [0.1, 0.15) is 5.82 Å². The Kier molecular flexibility index (Phi) is 4.73. The first-order chi connectivity index (χ1) is 13.5. The second-order valence-corrected chi connectivity index (χ2v) is 7.25. The number of aromatic nitrogens is 4. The zero-order valence-electron chi connectivity index (χ0n) is 16.7. The minimum atomic E-state index is -0.520. The van der Waals surface area contributed by atoms with Gasteiger partial charge >= 0.3 is 0 Å². The quantitative estimate of drug-likeness (QED) is 0.542. The van der Waals surface area contributed by atoms with E-state index in [9.17, 15) is 5.11 Å². The molecule has 0 unspecified atom stereocenters. The van der Waals surface area contributed by atoms with Crippen molar-refractivity contribution < 1.29 is 5.11 Å². The van der Waals surface area contributed by atoms with Crippen LogP contribution < -0.4 is 5.32 Å². The van der Waals surface area contributed by atoms with Crippen molar-refractivity contribution >= 4 is 27.6 Å². The third kappa shape index (κ3) is 2.99. The van der Waals surface area contributed by atoms with E-state index in [0.29, 0.717) is 6.42 Å². The maximum absolute atomic E-state index is 10.3. The molecule has 0 aliphatic rings. The SMILES string of the molecule is CCC[C@H](O)c1cc(C)c(-c2cc3cnc(NC)cc3c3c2ncn3C)cn1. The standard InChI is InChI=1S/C22H25N5O/c1-5-6-19(28)18-7-13(2)17(11-24-18)16-8-14-10-25-20(23-3)9-15(14)22-21(16)26-12-27(22)4/h7-12,19,28H,5-6H2,1-4H3,(H,23,25)/t19-/m0/s1. The highest BCUT2D eigenvalue weighted by molar-refractivity contribution is 6.11. The molecule has 0 bridgehead atoms. The van der Waals surface area contributed by atoms with Crippen LogP contribution in [0.2, 0.25) is 0 Å². The molecular weight excluding hydrogens is 350 g/mol. The Labute approximate surface area is 164 Å². The molecule has 28 heavy (non-hydrogen) atoms. The van der Waals surface area contributed by atoms with Crippen LogP contribution in [0.15, 0.2) is 36.9 Å². The van der Waals surface area contributed by atoms with Crippen LogP contribution in [0.4, 0.5) is 5.82 Å². The predicted octanol–water partition coefficient (Wildman–Crippen LogP) is 4.37. The average molecular weight is 375 g/mol. The Morgan fingerprint density at radius 3 is 2.64 bits per heavy atom. The second-order valence-electron chi connectivity index (χ2n) is 7.25. The van der Waals surface area contributed by atoms with E-state index in [1.54, 1.807) is 0 Å². The molecule has 4 rings (SSSR count). The molecular formula is C22H25N5O. The van der Waals surface area contributed by atoms with Crippen LogP contribution in [-0.2, 0) is 7.05 Å². The van der Waals surface area contributed by atoms with Gasteiger partial charge in [0.15, 0.2) is 0 Å². The van der Waals surface area contributed by atoms with Crippen LogP contribution in [0.3, 0.4) is 0 Å². The molecule has 0 aliphatic carbocycles. The highest BCUT2D eigenvalue weighted by atomic mass is 16.3. The van der Waals surface area contributed by atoms with E-state index in [0.717, 1.165) is 56.4 Å². The fourth-order valence-electron chi connectivity index (χ4n) is 3.76. The largest absolute Gasteiger partial charge is 0.387 e. The van der Waals surface area contributed by atoms with Gasteiger partial charge in [-0.15, -0.1) is 0 Å². The molecule has 0 saturated heterocycles. The highest BCUT2D eigenvalue weighted by Crippen LogP contribution is 2.36. The molecule has 144 valence electrons. The summed E-state index contributed by atoms with van der Waals surface area (Å²) >= 11 is 0. The summed E-state index contributed by atoms with van der Waals surface area (Å²) in [4.78, 5) is 13.7. The summed E-state index contributed by atoms with van der Waals surface area (Å²) in [5, 5.41) is 15.5. The number of rotatable bonds is 5. The molecule has 4 aromatic rings. The number of benzene rings is 1. The van der Waals surface area contributed by atoms with Crippen molar-refractivity contribution in [3.8, 4) is 11.1 Å². The van der Waals surface area contributed by atoms with Crippen LogP contribution in [-0.4, -0.2) is 31.7 Å². The highest BCUT2D eigenvalue weighted by Gasteiger charge is 2.17. The molecule has 1 aromatic carbocycles. The Bertz CT molecular complexity index is 1160. The zero-order valence-corrected chi connectivity index (χ0v) is 16.7. The number of nitrogens with one attached hydrogen (secondary N) is 1. The van der Waals surface area contributed by atoms with E-state index in [4.69, 9.17) is 0 Å². The van der Waals surface area contributed by atoms with Crippen molar-refractivity contribution in [3.63, 3.8) is 0 Å². The fourth-order valence-corrected chi connectivity index (χ4v) is 3.76. The molecule has 0 fully saturated rings. The van der Waals surface area contributed by atoms with E-state index < -0.39 is 6.10 Å². The smallest absolute Gasteiger partial charge is 0.126 e. The van der Waals surface area contributed by atoms with Crippen LogP contribution >= 0.6 is 0 Å². The number of aliphatic hydroxyl groups is 1. The van der Waals surface area contributed by atoms with Crippen molar-refractivity contribution in [1.29, 1.82) is 0 Å². The number of aliphatic hydroxyl groups excluding tert-OH is 1. The molecule has 0 spiro atoms. The third-order valence-corrected chi connectivity index (χ3v) is 5.26. The Morgan fingerprint density at radius 1 is 1.11 bits per heavy atom. The van der Waals surface area contributed by atoms with Gasteiger partial charge in [0.2, 0.25) is 0 Å². The Hall–Kier alpha value is -2.99. The van der Waals surface area contributed by atoms with E-state index >= 15 is 0 Å². The van der Waals surface area contributed by atoms with Crippen LogP contribution in [0.1, 0.15) is 37.1 Å². The number of hydrogen-bond donors (Lipinski definition) is 2. The van der Waals surface area contributed by atoms with Gasteiger partial charge in [0, 0.05) is 48.4 Å². The predicted molar refractivity (Wildman–Crippen MR) is 113 cm³/mol. The van der Waals surface area contributed by atoms with Crippen molar-refractivity contribution in [3.05, 3.63) is 48.2 Å². The summed E-state index contributed by atoms with van der Waals surface area (Å²) in [6.45, 7) is 4.12. The summed E-state index contributed by atoms with van der Waals surface area (Å²) < 4.78 is 2.04. The van der Waals surface area contributed by atoms with E-state index in [2.05, 4.69) is 46.2 Å². The lowest BCUT2D eigenvalue weighted by molar-refractivity contribution is 0.161. The molecule has 2 N–H and O–H groups in total. The maximum Gasteiger partial charge on any atom is 0.126 e. The molecule has 1 atom stereocenters. The second kappa shape index (κ2) is 7.20. The van der Waals surface area contributed by atoms with Crippen molar-refractivity contribution in [2.24, 2.45) is 7.05 Å². The summed E-state index contributed by atoms with van der Waals surface area (Å²) in [6.07, 6.45) is 6.70. The van der Waals surface area contributed by atoms with Gasteiger partial charge in [0.05, 0.1) is 29.2 Å². The summed E-state index contributed by atoms with van der Waals surface area (Å²) in [7, 11) is 3.87. The third-order valence-electron chi connectivity index (χ3n) is 5.26. The molecule has 0 aliphatic heterocycles. The number of nitrogens with zero attached hydrogens (tertiary/aromatic N) is 4. The molecule has 3 aromatic heterocycles. The van der Waals surface area contributed by atoms with E-state index in [1.807, 2.05) is 43.4 Å². The Balaban J connectivity index is 1.94. The summed E-state index contributed by atoms with van der Waals surface area (Å²) in [5.41, 5.74) is 5.86. The van der Waals surface area contributed by atoms with E-state index in [-0.39, 0.29) is 0 Å². The lowest BCUT2D eigenvalue weighted by Gasteiger charge is -2.14. The molecule has 0 radical (unpaired) electrons. The first kappa shape index (κ1) is 18.4. The van der Waals surface area contributed by atoms with Gasteiger partial charge < -0.3 is 15.0 Å². The van der Waals surface area contributed by atoms with Gasteiger partial charge in [-0.3, -0.25) is 4.98 Å². The monoisotopic (exact) mass is 375 g/mol. The number of pyridine rings is 2. The summed E-state index contributed by atoms with van der Waals surface area (Å²) in [6, 6.07) is 6.17. The minimum absolute atomic E-state index is 0.520. The number of aryl methyl sites for hydroxylation is 2. The van der Waals surface area contributed by atoms with Crippen LogP contribution in [0, 0.1) is 6.92 Å². The van der Waals surface area contributed by atoms with Gasteiger partial charge in [-0.1, -0.05) is 13.3 Å². The minimum Gasteiger partial charge on any atom is -0.387 e. The summed E-state index contributed by atoms with van der Waals surface area (Å²) in [5.74, 6) is 0.829. The van der Waals surface area contributed by atoms with Crippen molar-refractivity contribution in [2.45, 2.75) is 32.8 Å². The first-order valence-electron chi connectivity index (χ1n) is 9.60. The normalized spacial score (nSPS) is 12.6. The average Bonchev–Trinajstić information content (AvgIpc) is 3.09. The number of hydrogen-bond acceptors (Lipinski definition) is 5. The number of fused-ring (bicyclic) bond motifs is 3. The maximum atomic E-state index is 10.3. The van der Waals surface area contributed by atoms with Gasteiger partial charge in [0.25, 0.3) is 0 Å². The lowest BCUT2D eigenvalue weighted by Crippen LogP contribution is -2.01. The van der Waals surface area contributed by atoms with Crippen molar-refractivity contribution in [2.75, 3.05) is 12.4 Å². The van der Waals surface area contributed by atoms with Crippen LogP contribution in [0.25, 0.3) is 32.9 Å². The van der Waals surface area contributed by atoms with E-state index in [1.165, 1.54) is 0 Å². The zero-order chi connectivity index (χ0) is 19.8. The topological polar surface area (TPSA) is 75.9 Å². The number of imidazole rings is 1. The van der Waals surface area contributed by atoms with Gasteiger partial charge in [-0.2, -0.15) is 0 Å². The Morgan fingerprint density at radius 2 is 1.93 bits per heavy atom. The molecule has 6 heteroatoms. The molecule has 0 amide bonds. The number of anilines is 1. The van der Waals surface area contributed by atoms with Crippen LogP contribution in [0.5, 0.6) is 0 Å². The van der Waals surface area contributed by atoms with Crippen molar-refractivity contribution in [1.82, 2.24) is 19.5 Å². The van der Waals surface area contributed by atoms with Gasteiger partial charge in [-0.25, -0.2) is 9.97 Å². The van der Waals surface area contributed by atoms with Gasteiger partial charge in [-0.05, 0) is 37.1 Å². The molecule has 0 saturated carbocycles. The molecule has 3 heterocycles. The first-order valence-corrected chi connectivity index (χ1v) is 9.60.